The minimum absolute atomic E-state index is 0.0316. The van der Waals surface area contributed by atoms with E-state index >= 15 is 0 Å². The van der Waals surface area contributed by atoms with E-state index in [0.717, 1.165) is 0 Å². The van der Waals surface area contributed by atoms with Crippen LogP contribution in [0.1, 0.15) is 11.4 Å². The molecule has 3 rings (SSSR count). The van der Waals surface area contributed by atoms with Crippen LogP contribution in [-0.4, -0.2) is 35.7 Å². The number of para-hydroxylation sites is 1. The summed E-state index contributed by atoms with van der Waals surface area (Å²) in [6.45, 7) is 0.450. The molecule has 1 aliphatic rings. The molecular weight excluding hydrogens is 335 g/mol. The van der Waals surface area contributed by atoms with Crippen molar-refractivity contribution in [2.24, 2.45) is 5.92 Å². The first kappa shape index (κ1) is 16.5. The number of carbonyl (C=O) groups is 2. The Morgan fingerprint density at radius 1 is 1.46 bits per heavy atom. The molecule has 0 bridgehead atoms. The molecule has 7 nitrogen and oxygen atoms in total. The van der Waals surface area contributed by atoms with Crippen LogP contribution in [-0.2, 0) is 20.9 Å². The van der Waals surface area contributed by atoms with Gasteiger partial charge in [-0.15, -0.1) is 10.2 Å². The SMILES string of the molecule is COCc1nnc(NC(=O)[C@H]2CC(=O)N(c3ccccc3F)C2)s1. The maximum absolute atomic E-state index is 13.8. The zero-order chi connectivity index (χ0) is 17.1. The second kappa shape index (κ2) is 7.02. The Morgan fingerprint density at radius 3 is 3.00 bits per heavy atom. The zero-order valence-corrected chi connectivity index (χ0v) is 13.7. The van der Waals surface area contributed by atoms with Gasteiger partial charge in [-0.05, 0) is 12.1 Å². The quantitative estimate of drug-likeness (QED) is 0.889. The zero-order valence-electron chi connectivity index (χ0n) is 12.9. The Bertz CT molecular complexity index is 767. The molecule has 1 saturated heterocycles. The van der Waals surface area contributed by atoms with Gasteiger partial charge in [0.2, 0.25) is 16.9 Å². The van der Waals surface area contributed by atoms with Gasteiger partial charge in [-0.3, -0.25) is 9.59 Å². The van der Waals surface area contributed by atoms with Crippen molar-refractivity contribution >= 4 is 34.0 Å². The number of carbonyl (C=O) groups excluding carboxylic acids is 2. The van der Waals surface area contributed by atoms with Crippen LogP contribution in [0.25, 0.3) is 0 Å². The smallest absolute Gasteiger partial charge is 0.231 e. The Balaban J connectivity index is 1.66. The standard InChI is InChI=1S/C15H15FN4O3S/c1-23-8-12-18-19-15(24-12)17-14(22)9-6-13(21)20(7-9)11-5-3-2-4-10(11)16/h2-5,9H,6-8H2,1H3,(H,17,19,22)/t9-/m0/s1. The van der Waals surface area contributed by atoms with Gasteiger partial charge in [0.25, 0.3) is 0 Å². The largest absolute Gasteiger partial charge is 0.377 e. The molecule has 0 spiro atoms. The summed E-state index contributed by atoms with van der Waals surface area (Å²) in [5.74, 6) is -1.66. The summed E-state index contributed by atoms with van der Waals surface area (Å²) in [4.78, 5) is 25.7. The van der Waals surface area contributed by atoms with Crippen LogP contribution in [0.3, 0.4) is 0 Å². The van der Waals surface area contributed by atoms with E-state index in [1.54, 1.807) is 19.2 Å². The van der Waals surface area contributed by atoms with Crippen LogP contribution < -0.4 is 10.2 Å². The number of anilines is 2. The first-order valence-electron chi connectivity index (χ1n) is 7.25. The van der Waals surface area contributed by atoms with Gasteiger partial charge >= 0.3 is 0 Å². The fourth-order valence-electron chi connectivity index (χ4n) is 2.48. The third kappa shape index (κ3) is 3.41. The number of amides is 2. The molecule has 1 atom stereocenters. The molecule has 9 heteroatoms. The highest BCUT2D eigenvalue weighted by atomic mass is 32.1. The second-order valence-corrected chi connectivity index (χ2v) is 6.34. The molecule has 1 aromatic carbocycles. The predicted molar refractivity (Wildman–Crippen MR) is 86.1 cm³/mol. The monoisotopic (exact) mass is 350 g/mol. The number of aromatic nitrogens is 2. The van der Waals surface area contributed by atoms with Crippen LogP contribution in [0, 0.1) is 11.7 Å². The molecule has 126 valence electrons. The van der Waals surface area contributed by atoms with Gasteiger partial charge in [0, 0.05) is 20.1 Å². The lowest BCUT2D eigenvalue weighted by molar-refractivity contribution is -0.122. The summed E-state index contributed by atoms with van der Waals surface area (Å²) in [5.41, 5.74) is 0.191. The number of ether oxygens (including phenoxy) is 1. The average Bonchev–Trinajstić information content (AvgIpc) is 3.15. The lowest BCUT2D eigenvalue weighted by Gasteiger charge is -2.17. The molecule has 2 amide bonds. The van der Waals surface area contributed by atoms with E-state index in [4.69, 9.17) is 4.74 Å². The van der Waals surface area contributed by atoms with Crippen molar-refractivity contribution in [2.75, 3.05) is 23.9 Å². The number of methoxy groups -OCH3 is 1. The van der Waals surface area contributed by atoms with E-state index in [2.05, 4.69) is 15.5 Å². The van der Waals surface area contributed by atoms with Crippen LogP contribution in [0.4, 0.5) is 15.2 Å². The molecule has 1 fully saturated rings. The van der Waals surface area contributed by atoms with E-state index in [1.807, 2.05) is 0 Å². The lowest BCUT2D eigenvalue weighted by Crippen LogP contribution is -2.28. The molecule has 2 aromatic rings. The second-order valence-electron chi connectivity index (χ2n) is 5.28. The molecule has 1 aromatic heterocycles. The Labute approximate surface area is 141 Å². The number of nitrogens with zero attached hydrogens (tertiary/aromatic N) is 3. The Hall–Kier alpha value is -2.39. The lowest BCUT2D eigenvalue weighted by atomic mass is 10.1. The van der Waals surface area contributed by atoms with Gasteiger partial charge in [-0.25, -0.2) is 4.39 Å². The summed E-state index contributed by atoms with van der Waals surface area (Å²) < 4.78 is 18.8. The van der Waals surface area contributed by atoms with E-state index in [0.29, 0.717) is 16.7 Å². The molecule has 0 aliphatic carbocycles. The summed E-state index contributed by atoms with van der Waals surface area (Å²) in [6.07, 6.45) is 0.0316. The van der Waals surface area contributed by atoms with Crippen LogP contribution in [0.5, 0.6) is 0 Å². The van der Waals surface area contributed by atoms with Crippen LogP contribution in [0.15, 0.2) is 24.3 Å². The number of hydrogen-bond donors (Lipinski definition) is 1. The number of hydrogen-bond acceptors (Lipinski definition) is 6. The first-order valence-corrected chi connectivity index (χ1v) is 8.07. The summed E-state index contributed by atoms with van der Waals surface area (Å²) in [6, 6.07) is 6.01. The van der Waals surface area contributed by atoms with Crippen molar-refractivity contribution in [2.45, 2.75) is 13.0 Å². The third-order valence-electron chi connectivity index (χ3n) is 3.60. The van der Waals surface area contributed by atoms with Gasteiger partial charge in [0.1, 0.15) is 17.4 Å². The van der Waals surface area contributed by atoms with E-state index in [1.165, 1.54) is 28.4 Å². The number of nitrogens with one attached hydrogen (secondary N) is 1. The predicted octanol–water partition coefficient (Wildman–Crippen LogP) is 1.82. The highest BCUT2D eigenvalue weighted by Crippen LogP contribution is 2.28. The average molecular weight is 350 g/mol. The normalized spacial score (nSPS) is 17.3. The molecule has 0 unspecified atom stereocenters. The minimum Gasteiger partial charge on any atom is -0.377 e. The molecular formula is C15H15FN4O3S. The Morgan fingerprint density at radius 2 is 2.25 bits per heavy atom. The van der Waals surface area contributed by atoms with Gasteiger partial charge in [0.15, 0.2) is 0 Å². The van der Waals surface area contributed by atoms with Gasteiger partial charge in [-0.2, -0.15) is 0 Å². The number of rotatable bonds is 5. The van der Waals surface area contributed by atoms with Crippen LogP contribution in [0.2, 0.25) is 0 Å². The molecule has 1 N–H and O–H groups in total. The fourth-order valence-corrected chi connectivity index (χ4v) is 3.19. The molecule has 1 aliphatic heterocycles. The van der Waals surface area contributed by atoms with Crippen molar-refractivity contribution in [3.05, 3.63) is 35.1 Å². The van der Waals surface area contributed by atoms with E-state index in [-0.39, 0.29) is 30.5 Å². The maximum Gasteiger partial charge on any atom is 0.231 e. The van der Waals surface area contributed by atoms with Crippen LogP contribution >= 0.6 is 11.3 Å². The molecule has 0 radical (unpaired) electrons. The fraction of sp³-hybridized carbons (Fsp3) is 0.333. The summed E-state index contributed by atoms with van der Waals surface area (Å²) >= 11 is 1.21. The first-order chi connectivity index (χ1) is 11.6. The van der Waals surface area contributed by atoms with Crippen molar-refractivity contribution < 1.29 is 18.7 Å². The topological polar surface area (TPSA) is 84.4 Å². The van der Waals surface area contributed by atoms with Gasteiger partial charge < -0.3 is 15.0 Å². The van der Waals surface area contributed by atoms with Gasteiger partial charge in [-0.1, -0.05) is 23.5 Å². The molecule has 2 heterocycles. The highest BCUT2D eigenvalue weighted by Gasteiger charge is 2.36. The third-order valence-corrected chi connectivity index (χ3v) is 4.42. The van der Waals surface area contributed by atoms with E-state index < -0.39 is 11.7 Å². The number of benzene rings is 1. The molecule has 0 saturated carbocycles. The van der Waals surface area contributed by atoms with Gasteiger partial charge in [0.05, 0.1) is 11.6 Å². The summed E-state index contributed by atoms with van der Waals surface area (Å²) in [5, 5.41) is 11.4. The minimum atomic E-state index is -0.563. The van der Waals surface area contributed by atoms with E-state index in [9.17, 15) is 14.0 Å². The van der Waals surface area contributed by atoms with Crippen molar-refractivity contribution in [3.63, 3.8) is 0 Å². The van der Waals surface area contributed by atoms with Crippen molar-refractivity contribution in [3.8, 4) is 0 Å². The summed E-state index contributed by atoms with van der Waals surface area (Å²) in [7, 11) is 1.54. The van der Waals surface area contributed by atoms with Crippen molar-refractivity contribution in [1.82, 2.24) is 10.2 Å². The molecule has 24 heavy (non-hydrogen) atoms. The Kier molecular flexibility index (Phi) is 4.81. The number of halogens is 1. The highest BCUT2D eigenvalue weighted by molar-refractivity contribution is 7.15. The van der Waals surface area contributed by atoms with Crippen molar-refractivity contribution in [1.29, 1.82) is 0 Å². The maximum atomic E-state index is 13.8.